The van der Waals surface area contributed by atoms with Crippen molar-refractivity contribution >= 4 is 5.91 Å². The molecular formula is C12H18N2O2. The molecule has 1 aliphatic heterocycles. The maximum atomic E-state index is 12.2. The van der Waals surface area contributed by atoms with Gasteiger partial charge in [0.05, 0.1) is 5.69 Å². The summed E-state index contributed by atoms with van der Waals surface area (Å²) in [5, 5.41) is 3.76. The summed E-state index contributed by atoms with van der Waals surface area (Å²) in [7, 11) is 0. The summed E-state index contributed by atoms with van der Waals surface area (Å²) >= 11 is 0. The van der Waals surface area contributed by atoms with Crippen molar-refractivity contribution in [2.75, 3.05) is 0 Å². The fourth-order valence-electron chi connectivity index (χ4n) is 2.41. The summed E-state index contributed by atoms with van der Waals surface area (Å²) in [4.78, 5) is 14.1. The molecule has 4 heteroatoms. The number of aryl methyl sites for hydroxylation is 1. The SMILES string of the molecule is Cc1cc(C(=O)N2[C@H](C)CCC[C@@H]2C)on1. The molecule has 0 spiro atoms. The number of aromatic nitrogens is 1. The van der Waals surface area contributed by atoms with Gasteiger partial charge in [0, 0.05) is 18.2 Å². The van der Waals surface area contributed by atoms with Gasteiger partial charge in [0.25, 0.3) is 5.91 Å². The lowest BCUT2D eigenvalue weighted by Crippen LogP contribution is -2.47. The van der Waals surface area contributed by atoms with Crippen LogP contribution < -0.4 is 0 Å². The van der Waals surface area contributed by atoms with E-state index in [0.29, 0.717) is 17.8 Å². The van der Waals surface area contributed by atoms with Gasteiger partial charge in [-0.1, -0.05) is 5.16 Å². The number of rotatable bonds is 1. The van der Waals surface area contributed by atoms with E-state index < -0.39 is 0 Å². The second kappa shape index (κ2) is 4.28. The predicted octanol–water partition coefficient (Wildman–Crippen LogP) is 2.39. The summed E-state index contributed by atoms with van der Waals surface area (Å²) in [6.45, 7) is 6.01. The van der Waals surface area contributed by atoms with E-state index in [-0.39, 0.29) is 5.91 Å². The average Bonchev–Trinajstić information content (AvgIpc) is 2.64. The number of hydrogen-bond donors (Lipinski definition) is 0. The minimum atomic E-state index is -0.0275. The van der Waals surface area contributed by atoms with E-state index in [1.807, 2.05) is 11.8 Å². The Bertz CT molecular complexity index is 376. The summed E-state index contributed by atoms with van der Waals surface area (Å²) in [5.41, 5.74) is 0.751. The summed E-state index contributed by atoms with van der Waals surface area (Å²) in [6.07, 6.45) is 3.34. The largest absolute Gasteiger partial charge is 0.351 e. The van der Waals surface area contributed by atoms with Crippen LogP contribution in [0.4, 0.5) is 0 Å². The number of hydrogen-bond acceptors (Lipinski definition) is 3. The summed E-state index contributed by atoms with van der Waals surface area (Å²) in [6, 6.07) is 2.29. The third-order valence-electron chi connectivity index (χ3n) is 3.27. The molecule has 1 saturated heterocycles. The lowest BCUT2D eigenvalue weighted by atomic mass is 9.97. The zero-order valence-corrected chi connectivity index (χ0v) is 10.1. The fourth-order valence-corrected chi connectivity index (χ4v) is 2.41. The molecular weight excluding hydrogens is 204 g/mol. The van der Waals surface area contributed by atoms with Gasteiger partial charge in [-0.15, -0.1) is 0 Å². The van der Waals surface area contributed by atoms with Crippen LogP contribution in [0.1, 0.15) is 49.4 Å². The van der Waals surface area contributed by atoms with Gasteiger partial charge in [-0.2, -0.15) is 0 Å². The minimum Gasteiger partial charge on any atom is -0.351 e. The number of amides is 1. The molecule has 88 valence electrons. The highest BCUT2D eigenvalue weighted by molar-refractivity contribution is 5.92. The highest BCUT2D eigenvalue weighted by Crippen LogP contribution is 2.24. The summed E-state index contributed by atoms with van der Waals surface area (Å²) in [5.74, 6) is 0.332. The van der Waals surface area contributed by atoms with Crippen molar-refractivity contribution in [3.05, 3.63) is 17.5 Å². The molecule has 0 aliphatic carbocycles. The first kappa shape index (κ1) is 11.2. The molecule has 0 aromatic carbocycles. The molecule has 2 rings (SSSR count). The molecule has 1 amide bonds. The molecule has 1 aromatic heterocycles. The van der Waals surface area contributed by atoms with Crippen molar-refractivity contribution in [2.45, 2.75) is 52.1 Å². The number of carbonyl (C=O) groups is 1. The van der Waals surface area contributed by atoms with Gasteiger partial charge < -0.3 is 9.42 Å². The van der Waals surface area contributed by atoms with Gasteiger partial charge in [0.1, 0.15) is 0 Å². The highest BCUT2D eigenvalue weighted by Gasteiger charge is 2.31. The van der Waals surface area contributed by atoms with E-state index in [9.17, 15) is 4.79 Å². The van der Waals surface area contributed by atoms with Crippen LogP contribution in [0.3, 0.4) is 0 Å². The van der Waals surface area contributed by atoms with Crippen molar-refractivity contribution in [3.8, 4) is 0 Å². The topological polar surface area (TPSA) is 46.3 Å². The molecule has 0 N–H and O–H groups in total. The first-order valence-electron chi connectivity index (χ1n) is 5.85. The molecule has 2 heterocycles. The van der Waals surface area contributed by atoms with Crippen LogP contribution in [0.25, 0.3) is 0 Å². The monoisotopic (exact) mass is 222 g/mol. The highest BCUT2D eigenvalue weighted by atomic mass is 16.5. The number of piperidine rings is 1. The van der Waals surface area contributed by atoms with Gasteiger partial charge in [-0.25, -0.2) is 0 Å². The molecule has 16 heavy (non-hydrogen) atoms. The van der Waals surface area contributed by atoms with Gasteiger partial charge in [-0.05, 0) is 40.0 Å². The molecule has 1 aliphatic rings. The second-order valence-electron chi connectivity index (χ2n) is 4.67. The molecule has 1 fully saturated rings. The summed E-state index contributed by atoms with van der Waals surface area (Å²) < 4.78 is 5.03. The zero-order valence-electron chi connectivity index (χ0n) is 10.1. The van der Waals surface area contributed by atoms with Crippen molar-refractivity contribution in [1.82, 2.24) is 10.1 Å². The smallest absolute Gasteiger partial charge is 0.292 e. The molecule has 0 radical (unpaired) electrons. The Hall–Kier alpha value is -1.32. The molecule has 1 aromatic rings. The predicted molar refractivity (Wildman–Crippen MR) is 60.2 cm³/mol. The van der Waals surface area contributed by atoms with Crippen LogP contribution in [0.15, 0.2) is 10.6 Å². The van der Waals surface area contributed by atoms with Gasteiger partial charge in [0.2, 0.25) is 5.76 Å². The Labute approximate surface area is 95.6 Å². The normalized spacial score (nSPS) is 25.8. The van der Waals surface area contributed by atoms with Crippen LogP contribution in [-0.2, 0) is 0 Å². The van der Waals surface area contributed by atoms with E-state index in [1.54, 1.807) is 6.07 Å². The van der Waals surface area contributed by atoms with Crippen molar-refractivity contribution in [3.63, 3.8) is 0 Å². The first-order chi connectivity index (χ1) is 7.59. The van der Waals surface area contributed by atoms with Crippen LogP contribution in [0, 0.1) is 6.92 Å². The molecule has 0 saturated carbocycles. The van der Waals surface area contributed by atoms with Gasteiger partial charge >= 0.3 is 0 Å². The van der Waals surface area contributed by atoms with E-state index in [0.717, 1.165) is 18.5 Å². The Morgan fingerprint density at radius 2 is 2.06 bits per heavy atom. The standard InChI is InChI=1S/C12H18N2O2/c1-8-7-11(16-13-8)12(15)14-9(2)5-4-6-10(14)3/h7,9-10H,4-6H2,1-3H3/t9-,10+. The average molecular weight is 222 g/mol. The lowest BCUT2D eigenvalue weighted by Gasteiger charge is -2.38. The number of carbonyl (C=O) groups excluding carboxylic acids is 1. The van der Waals surface area contributed by atoms with Crippen LogP contribution in [0.2, 0.25) is 0 Å². The molecule has 4 nitrogen and oxygen atoms in total. The molecule has 0 unspecified atom stereocenters. The fraction of sp³-hybridized carbons (Fsp3) is 0.667. The Morgan fingerprint density at radius 1 is 1.44 bits per heavy atom. The first-order valence-corrected chi connectivity index (χ1v) is 5.85. The second-order valence-corrected chi connectivity index (χ2v) is 4.67. The van der Waals surface area contributed by atoms with E-state index in [2.05, 4.69) is 19.0 Å². The van der Waals surface area contributed by atoms with Gasteiger partial charge in [0.15, 0.2) is 0 Å². The van der Waals surface area contributed by atoms with Crippen LogP contribution in [0.5, 0.6) is 0 Å². The maximum Gasteiger partial charge on any atom is 0.292 e. The van der Waals surface area contributed by atoms with E-state index >= 15 is 0 Å². The Balaban J connectivity index is 2.19. The minimum absolute atomic E-state index is 0.0275. The third kappa shape index (κ3) is 1.96. The van der Waals surface area contributed by atoms with Crippen LogP contribution >= 0.6 is 0 Å². The lowest BCUT2D eigenvalue weighted by molar-refractivity contribution is 0.0469. The van der Waals surface area contributed by atoms with Crippen LogP contribution in [-0.4, -0.2) is 28.0 Å². The Kier molecular flexibility index (Phi) is 2.99. The number of nitrogens with zero attached hydrogens (tertiary/aromatic N) is 2. The van der Waals surface area contributed by atoms with E-state index in [4.69, 9.17) is 4.52 Å². The zero-order chi connectivity index (χ0) is 11.7. The Morgan fingerprint density at radius 3 is 2.56 bits per heavy atom. The molecule has 2 atom stereocenters. The number of likely N-dealkylation sites (tertiary alicyclic amines) is 1. The van der Waals surface area contributed by atoms with Gasteiger partial charge in [-0.3, -0.25) is 4.79 Å². The van der Waals surface area contributed by atoms with Crippen molar-refractivity contribution in [1.29, 1.82) is 0 Å². The van der Waals surface area contributed by atoms with Crippen molar-refractivity contribution < 1.29 is 9.32 Å². The third-order valence-corrected chi connectivity index (χ3v) is 3.27. The van der Waals surface area contributed by atoms with Crippen molar-refractivity contribution in [2.24, 2.45) is 0 Å². The maximum absolute atomic E-state index is 12.2. The molecule has 0 bridgehead atoms. The quantitative estimate of drug-likeness (QED) is 0.733. The van der Waals surface area contributed by atoms with E-state index in [1.165, 1.54) is 6.42 Å².